The molecule has 0 spiro atoms. The Balaban J connectivity index is 2.02. The van der Waals surface area contributed by atoms with Gasteiger partial charge in [0.15, 0.2) is 0 Å². The van der Waals surface area contributed by atoms with Crippen LogP contribution in [-0.2, 0) is 6.61 Å². The predicted octanol–water partition coefficient (Wildman–Crippen LogP) is 2.67. The first-order chi connectivity index (χ1) is 8.28. The number of halogens is 1. The van der Waals surface area contributed by atoms with E-state index in [2.05, 4.69) is 4.98 Å². The summed E-state index contributed by atoms with van der Waals surface area (Å²) in [5.41, 5.74) is 1.34. The molecule has 0 aliphatic carbocycles. The van der Waals surface area contributed by atoms with Gasteiger partial charge in [-0.1, -0.05) is 12.1 Å². The summed E-state index contributed by atoms with van der Waals surface area (Å²) >= 11 is 0. The lowest BCUT2D eigenvalue weighted by molar-refractivity contribution is 0.293. The molecule has 2 aromatic rings. The zero-order valence-corrected chi connectivity index (χ0v) is 8.93. The van der Waals surface area contributed by atoms with E-state index in [4.69, 9.17) is 10.00 Å². The maximum Gasteiger partial charge on any atom is 0.214 e. The number of ether oxygens (including phenoxy) is 1. The molecule has 0 fully saturated rings. The molecule has 84 valence electrons. The van der Waals surface area contributed by atoms with Crippen molar-refractivity contribution in [2.75, 3.05) is 0 Å². The van der Waals surface area contributed by atoms with Crippen molar-refractivity contribution in [2.24, 2.45) is 0 Å². The summed E-state index contributed by atoms with van der Waals surface area (Å²) in [5.74, 6) is 0.103. The Kier molecular flexibility index (Phi) is 3.31. The first-order valence-corrected chi connectivity index (χ1v) is 5.01. The fraction of sp³-hybridized carbons (Fsp3) is 0.0769. The molecule has 17 heavy (non-hydrogen) atoms. The summed E-state index contributed by atoms with van der Waals surface area (Å²) in [6.45, 7) is 0.294. The summed E-state index contributed by atoms with van der Waals surface area (Å²) in [7, 11) is 0. The third-order valence-electron chi connectivity index (χ3n) is 2.16. The van der Waals surface area contributed by atoms with Gasteiger partial charge in [0, 0.05) is 12.3 Å². The van der Waals surface area contributed by atoms with Gasteiger partial charge in [0.1, 0.15) is 12.4 Å². The van der Waals surface area contributed by atoms with Crippen LogP contribution in [0.2, 0.25) is 0 Å². The zero-order valence-electron chi connectivity index (χ0n) is 8.93. The van der Waals surface area contributed by atoms with Gasteiger partial charge < -0.3 is 4.74 Å². The van der Waals surface area contributed by atoms with E-state index in [1.807, 2.05) is 6.07 Å². The molecule has 0 atom stereocenters. The molecule has 0 aliphatic rings. The number of rotatable bonds is 3. The molecule has 0 N–H and O–H groups in total. The number of pyridine rings is 1. The van der Waals surface area contributed by atoms with Crippen LogP contribution in [0.1, 0.15) is 11.1 Å². The van der Waals surface area contributed by atoms with Crippen molar-refractivity contribution in [3.05, 3.63) is 59.5 Å². The molecule has 0 unspecified atom stereocenters. The maximum absolute atomic E-state index is 12.7. The van der Waals surface area contributed by atoms with Crippen molar-refractivity contribution in [2.45, 2.75) is 6.61 Å². The van der Waals surface area contributed by atoms with E-state index in [0.29, 0.717) is 18.1 Å². The lowest BCUT2D eigenvalue weighted by Gasteiger charge is -2.05. The lowest BCUT2D eigenvalue weighted by Crippen LogP contribution is -1.97. The smallest absolute Gasteiger partial charge is 0.214 e. The Morgan fingerprint density at radius 1 is 1.24 bits per heavy atom. The molecule has 0 aliphatic heterocycles. The van der Waals surface area contributed by atoms with Gasteiger partial charge in [-0.05, 0) is 23.8 Å². The standard InChI is InChI=1S/C13H9FN2O/c14-12-3-1-10(2-4-12)9-17-13-7-11(8-15)5-6-16-13/h1-7H,9H2. The van der Waals surface area contributed by atoms with Crippen molar-refractivity contribution >= 4 is 0 Å². The Labute approximate surface area is 98.1 Å². The van der Waals surface area contributed by atoms with Crippen LogP contribution in [0.4, 0.5) is 4.39 Å². The SMILES string of the molecule is N#Cc1ccnc(OCc2ccc(F)cc2)c1. The van der Waals surface area contributed by atoms with Gasteiger partial charge in [-0.25, -0.2) is 9.37 Å². The van der Waals surface area contributed by atoms with Gasteiger partial charge in [-0.15, -0.1) is 0 Å². The minimum absolute atomic E-state index is 0.279. The highest BCUT2D eigenvalue weighted by Crippen LogP contribution is 2.11. The number of hydrogen-bond acceptors (Lipinski definition) is 3. The monoisotopic (exact) mass is 228 g/mol. The first-order valence-electron chi connectivity index (χ1n) is 5.01. The summed E-state index contributed by atoms with van der Waals surface area (Å²) < 4.78 is 18.0. The van der Waals surface area contributed by atoms with E-state index < -0.39 is 0 Å². The average Bonchev–Trinajstić information content (AvgIpc) is 2.38. The number of hydrogen-bond donors (Lipinski definition) is 0. The van der Waals surface area contributed by atoms with Crippen LogP contribution < -0.4 is 4.74 Å². The van der Waals surface area contributed by atoms with E-state index in [9.17, 15) is 4.39 Å². The number of aromatic nitrogens is 1. The molecule has 1 heterocycles. The second-order valence-electron chi connectivity index (χ2n) is 3.41. The predicted molar refractivity (Wildman–Crippen MR) is 59.7 cm³/mol. The zero-order chi connectivity index (χ0) is 12.1. The van der Waals surface area contributed by atoms with Gasteiger partial charge in [0.05, 0.1) is 11.6 Å². The van der Waals surface area contributed by atoms with Gasteiger partial charge in [0.2, 0.25) is 5.88 Å². The van der Waals surface area contributed by atoms with Gasteiger partial charge in [0.25, 0.3) is 0 Å². The minimum Gasteiger partial charge on any atom is -0.473 e. The van der Waals surface area contributed by atoms with E-state index in [-0.39, 0.29) is 5.82 Å². The van der Waals surface area contributed by atoms with E-state index in [1.54, 1.807) is 24.3 Å². The van der Waals surface area contributed by atoms with Gasteiger partial charge in [-0.2, -0.15) is 5.26 Å². The minimum atomic E-state index is -0.279. The number of nitriles is 1. The lowest BCUT2D eigenvalue weighted by atomic mass is 10.2. The highest BCUT2D eigenvalue weighted by Gasteiger charge is 1.99. The molecule has 0 radical (unpaired) electrons. The van der Waals surface area contributed by atoms with Crippen LogP contribution in [0.25, 0.3) is 0 Å². The van der Waals surface area contributed by atoms with Crippen LogP contribution in [0.15, 0.2) is 42.6 Å². The van der Waals surface area contributed by atoms with Crippen LogP contribution >= 0.6 is 0 Å². The van der Waals surface area contributed by atoms with Crippen molar-refractivity contribution in [3.63, 3.8) is 0 Å². The summed E-state index contributed by atoms with van der Waals surface area (Å²) in [6, 6.07) is 11.2. The van der Waals surface area contributed by atoms with Crippen LogP contribution in [0.5, 0.6) is 5.88 Å². The molecule has 3 nitrogen and oxygen atoms in total. The molecule has 0 amide bonds. The van der Waals surface area contributed by atoms with Crippen LogP contribution in [-0.4, -0.2) is 4.98 Å². The van der Waals surface area contributed by atoms with Crippen molar-refractivity contribution < 1.29 is 9.13 Å². The quantitative estimate of drug-likeness (QED) is 0.811. The molecular formula is C13H9FN2O. The van der Waals surface area contributed by atoms with Crippen LogP contribution in [0.3, 0.4) is 0 Å². The summed E-state index contributed by atoms with van der Waals surface area (Å²) in [4.78, 5) is 3.97. The molecule has 1 aromatic carbocycles. The average molecular weight is 228 g/mol. The summed E-state index contributed by atoms with van der Waals surface area (Å²) in [6.07, 6.45) is 1.51. The number of benzene rings is 1. The fourth-order valence-corrected chi connectivity index (χ4v) is 1.30. The van der Waals surface area contributed by atoms with Gasteiger partial charge >= 0.3 is 0 Å². The second-order valence-corrected chi connectivity index (χ2v) is 3.41. The molecule has 2 rings (SSSR count). The largest absolute Gasteiger partial charge is 0.473 e. The van der Waals surface area contributed by atoms with Gasteiger partial charge in [-0.3, -0.25) is 0 Å². The van der Waals surface area contributed by atoms with E-state index in [0.717, 1.165) is 5.56 Å². The third-order valence-corrected chi connectivity index (χ3v) is 2.16. The Morgan fingerprint density at radius 3 is 2.71 bits per heavy atom. The van der Waals surface area contributed by atoms with E-state index >= 15 is 0 Å². The van der Waals surface area contributed by atoms with Crippen molar-refractivity contribution in [1.29, 1.82) is 5.26 Å². The highest BCUT2D eigenvalue weighted by atomic mass is 19.1. The summed E-state index contributed by atoms with van der Waals surface area (Å²) in [5, 5.41) is 8.70. The molecular weight excluding hydrogens is 219 g/mol. The Hall–Kier alpha value is -2.41. The molecule has 0 saturated carbocycles. The van der Waals surface area contributed by atoms with Crippen molar-refractivity contribution in [3.8, 4) is 11.9 Å². The number of nitrogens with zero attached hydrogens (tertiary/aromatic N) is 2. The third kappa shape index (κ3) is 3.02. The first kappa shape index (κ1) is 11.1. The Bertz CT molecular complexity index is 546. The molecule has 0 saturated heterocycles. The fourth-order valence-electron chi connectivity index (χ4n) is 1.30. The molecule has 1 aromatic heterocycles. The topological polar surface area (TPSA) is 45.9 Å². The Morgan fingerprint density at radius 2 is 2.00 bits per heavy atom. The van der Waals surface area contributed by atoms with Crippen LogP contribution in [0, 0.1) is 17.1 Å². The van der Waals surface area contributed by atoms with Crippen molar-refractivity contribution in [1.82, 2.24) is 4.98 Å². The maximum atomic E-state index is 12.7. The van der Waals surface area contributed by atoms with E-state index in [1.165, 1.54) is 18.3 Å². The highest BCUT2D eigenvalue weighted by molar-refractivity contribution is 5.31. The normalized spacial score (nSPS) is 9.65. The second kappa shape index (κ2) is 5.08. The molecule has 4 heteroatoms. The molecule has 0 bridgehead atoms.